The summed E-state index contributed by atoms with van der Waals surface area (Å²) in [7, 11) is 0. The molecule has 2 amide bonds. The summed E-state index contributed by atoms with van der Waals surface area (Å²) in [5.74, 6) is 0.399. The smallest absolute Gasteiger partial charge is 0.407 e. The Morgan fingerprint density at radius 2 is 1.94 bits per heavy atom. The molecule has 0 bridgehead atoms. The summed E-state index contributed by atoms with van der Waals surface area (Å²) in [4.78, 5) is 28.6. The molecule has 0 saturated carbocycles. The third-order valence-corrected chi connectivity index (χ3v) is 5.72. The molecular weight excluding hydrogens is 458 g/mol. The second-order valence-corrected chi connectivity index (χ2v) is 8.49. The van der Waals surface area contributed by atoms with Crippen molar-refractivity contribution in [2.75, 3.05) is 0 Å². The maximum atomic E-state index is 12.3. The molecule has 0 aliphatic heterocycles. The Balaban J connectivity index is 1.26. The highest BCUT2D eigenvalue weighted by molar-refractivity contribution is 6.03. The van der Waals surface area contributed by atoms with Crippen molar-refractivity contribution in [1.29, 1.82) is 0 Å². The Morgan fingerprint density at radius 1 is 1.08 bits per heavy atom. The first kappa shape index (κ1) is 23.1. The standard InChI is InChI=1S/C27H25N5O4/c1-18(31-27(34)35-17-19-6-3-2-4-7-19)16-32-25-20(14-30-32)9-10-24-23(25)12-22(36-24)15-29-26(33)21-8-5-11-28-13-21/h2-14,18H,15-17H2,1H3,(H,29,33)(H,31,34). The summed E-state index contributed by atoms with van der Waals surface area (Å²) in [6.45, 7) is 2.79. The van der Waals surface area contributed by atoms with Gasteiger partial charge in [-0.15, -0.1) is 0 Å². The maximum absolute atomic E-state index is 12.3. The van der Waals surface area contributed by atoms with Gasteiger partial charge in [-0.2, -0.15) is 5.10 Å². The van der Waals surface area contributed by atoms with Gasteiger partial charge in [0.25, 0.3) is 5.91 Å². The Bertz CT molecular complexity index is 1490. The summed E-state index contributed by atoms with van der Waals surface area (Å²) < 4.78 is 13.1. The first-order valence-electron chi connectivity index (χ1n) is 11.6. The van der Waals surface area contributed by atoms with E-state index in [-0.39, 0.29) is 25.1 Å². The number of pyridine rings is 1. The lowest BCUT2D eigenvalue weighted by atomic mass is 10.2. The van der Waals surface area contributed by atoms with Gasteiger partial charge in [-0.3, -0.25) is 14.5 Å². The van der Waals surface area contributed by atoms with Crippen molar-refractivity contribution in [1.82, 2.24) is 25.4 Å². The maximum Gasteiger partial charge on any atom is 0.407 e. The predicted octanol–water partition coefficient (Wildman–Crippen LogP) is 4.42. The van der Waals surface area contributed by atoms with Crippen molar-refractivity contribution < 1.29 is 18.7 Å². The molecule has 0 radical (unpaired) electrons. The molecule has 1 unspecified atom stereocenters. The molecule has 0 spiro atoms. The van der Waals surface area contributed by atoms with Crippen LogP contribution in [0.3, 0.4) is 0 Å². The van der Waals surface area contributed by atoms with Gasteiger partial charge >= 0.3 is 6.09 Å². The number of amides is 2. The van der Waals surface area contributed by atoms with E-state index in [0.717, 1.165) is 21.9 Å². The van der Waals surface area contributed by atoms with Crippen molar-refractivity contribution >= 4 is 33.9 Å². The molecule has 0 aliphatic carbocycles. The van der Waals surface area contributed by atoms with Crippen LogP contribution < -0.4 is 10.6 Å². The van der Waals surface area contributed by atoms with Gasteiger partial charge in [-0.1, -0.05) is 30.3 Å². The lowest BCUT2D eigenvalue weighted by Gasteiger charge is -2.15. The van der Waals surface area contributed by atoms with Gasteiger partial charge < -0.3 is 19.8 Å². The number of rotatable bonds is 8. The second kappa shape index (κ2) is 10.3. The van der Waals surface area contributed by atoms with Crippen molar-refractivity contribution in [2.45, 2.75) is 32.7 Å². The van der Waals surface area contributed by atoms with Crippen molar-refractivity contribution in [3.05, 3.63) is 96.1 Å². The third-order valence-electron chi connectivity index (χ3n) is 5.72. The molecule has 5 rings (SSSR count). The number of hydrogen-bond acceptors (Lipinski definition) is 6. The Morgan fingerprint density at radius 3 is 2.75 bits per heavy atom. The number of benzene rings is 2. The molecule has 0 aliphatic rings. The normalized spacial score (nSPS) is 11.9. The van der Waals surface area contributed by atoms with Crippen LogP contribution in [0.2, 0.25) is 0 Å². The van der Waals surface area contributed by atoms with Gasteiger partial charge in [0, 0.05) is 29.2 Å². The minimum Gasteiger partial charge on any atom is -0.459 e. The van der Waals surface area contributed by atoms with E-state index >= 15 is 0 Å². The highest BCUT2D eigenvalue weighted by Gasteiger charge is 2.16. The molecule has 1 atom stereocenters. The van der Waals surface area contributed by atoms with Crippen molar-refractivity contribution in [3.63, 3.8) is 0 Å². The quantitative estimate of drug-likeness (QED) is 0.338. The zero-order valence-corrected chi connectivity index (χ0v) is 19.7. The third kappa shape index (κ3) is 5.20. The van der Waals surface area contributed by atoms with E-state index in [0.29, 0.717) is 23.5 Å². The van der Waals surface area contributed by atoms with Crippen LogP contribution in [0.15, 0.2) is 83.7 Å². The van der Waals surface area contributed by atoms with E-state index < -0.39 is 6.09 Å². The zero-order chi connectivity index (χ0) is 24.9. The van der Waals surface area contributed by atoms with Crippen LogP contribution in [0.5, 0.6) is 0 Å². The van der Waals surface area contributed by atoms with Crippen LogP contribution in [0.4, 0.5) is 4.79 Å². The van der Waals surface area contributed by atoms with Crippen LogP contribution in [0.1, 0.15) is 28.6 Å². The van der Waals surface area contributed by atoms with Crippen LogP contribution >= 0.6 is 0 Å². The van der Waals surface area contributed by atoms with E-state index in [1.165, 1.54) is 6.20 Å². The summed E-state index contributed by atoms with van der Waals surface area (Å²) >= 11 is 0. The largest absolute Gasteiger partial charge is 0.459 e. The topological polar surface area (TPSA) is 111 Å². The molecule has 5 aromatic rings. The van der Waals surface area contributed by atoms with Gasteiger partial charge in [0.05, 0.1) is 30.4 Å². The number of furan rings is 1. The van der Waals surface area contributed by atoms with Crippen LogP contribution in [0.25, 0.3) is 21.9 Å². The number of carbonyl (C=O) groups excluding carboxylic acids is 2. The number of hydrogen-bond donors (Lipinski definition) is 2. The summed E-state index contributed by atoms with van der Waals surface area (Å²) in [6, 6.07) is 18.5. The average Bonchev–Trinajstić information content (AvgIpc) is 3.50. The number of nitrogens with one attached hydrogen (secondary N) is 2. The van der Waals surface area contributed by atoms with Crippen molar-refractivity contribution in [2.24, 2.45) is 0 Å². The molecule has 182 valence electrons. The fourth-order valence-electron chi connectivity index (χ4n) is 4.01. The number of carbonyl (C=O) groups is 2. The molecule has 3 heterocycles. The number of nitrogens with zero attached hydrogens (tertiary/aromatic N) is 3. The average molecular weight is 484 g/mol. The fraction of sp³-hybridized carbons (Fsp3) is 0.185. The molecule has 0 saturated heterocycles. The number of ether oxygens (including phenoxy) is 1. The first-order valence-corrected chi connectivity index (χ1v) is 11.6. The van der Waals surface area contributed by atoms with E-state index in [2.05, 4.69) is 20.7 Å². The Hall–Kier alpha value is -4.66. The number of aromatic nitrogens is 3. The number of fused-ring (bicyclic) bond motifs is 3. The zero-order valence-electron chi connectivity index (χ0n) is 19.7. The summed E-state index contributed by atoms with van der Waals surface area (Å²) in [6.07, 6.45) is 4.44. The number of alkyl carbamates (subject to hydrolysis) is 1. The van der Waals surface area contributed by atoms with Gasteiger partial charge in [-0.25, -0.2) is 4.79 Å². The first-order chi connectivity index (χ1) is 17.6. The molecule has 2 N–H and O–H groups in total. The highest BCUT2D eigenvalue weighted by Crippen LogP contribution is 2.28. The predicted molar refractivity (Wildman–Crippen MR) is 134 cm³/mol. The molecular formula is C27H25N5O4. The van der Waals surface area contributed by atoms with E-state index in [1.54, 1.807) is 24.5 Å². The van der Waals surface area contributed by atoms with E-state index in [1.807, 2.05) is 60.1 Å². The lowest BCUT2D eigenvalue weighted by molar-refractivity contribution is 0.0947. The molecule has 0 fully saturated rings. The monoisotopic (exact) mass is 483 g/mol. The van der Waals surface area contributed by atoms with Gasteiger partial charge in [0.15, 0.2) is 0 Å². The summed E-state index contributed by atoms with van der Waals surface area (Å²) in [5, 5.41) is 12.1. The summed E-state index contributed by atoms with van der Waals surface area (Å²) in [5.41, 5.74) is 3.00. The van der Waals surface area contributed by atoms with Crippen LogP contribution in [0, 0.1) is 0 Å². The Kier molecular flexibility index (Phi) is 6.61. The van der Waals surface area contributed by atoms with Gasteiger partial charge in [0.2, 0.25) is 0 Å². The van der Waals surface area contributed by atoms with Crippen LogP contribution in [-0.2, 0) is 24.4 Å². The fourth-order valence-corrected chi connectivity index (χ4v) is 4.01. The van der Waals surface area contributed by atoms with E-state index in [4.69, 9.17) is 9.15 Å². The van der Waals surface area contributed by atoms with E-state index in [9.17, 15) is 9.59 Å². The molecule has 3 aromatic heterocycles. The van der Waals surface area contributed by atoms with Crippen molar-refractivity contribution in [3.8, 4) is 0 Å². The molecule has 9 nitrogen and oxygen atoms in total. The molecule has 9 heteroatoms. The lowest BCUT2D eigenvalue weighted by Crippen LogP contribution is -2.36. The second-order valence-electron chi connectivity index (χ2n) is 8.49. The Labute approximate surface area is 207 Å². The molecule has 2 aromatic carbocycles. The minimum atomic E-state index is -0.483. The highest BCUT2D eigenvalue weighted by atomic mass is 16.5. The van der Waals surface area contributed by atoms with Gasteiger partial charge in [0.1, 0.15) is 18.0 Å². The van der Waals surface area contributed by atoms with Gasteiger partial charge in [-0.05, 0) is 42.8 Å². The van der Waals surface area contributed by atoms with Crippen LogP contribution in [-0.4, -0.2) is 32.8 Å². The minimum absolute atomic E-state index is 0.208. The SMILES string of the molecule is CC(Cn1ncc2ccc3oc(CNC(=O)c4cccnc4)cc3c21)NC(=O)OCc1ccccc1. The molecule has 36 heavy (non-hydrogen) atoms.